The highest BCUT2D eigenvalue weighted by atomic mass is 32.2. The number of aryl methyl sites for hydroxylation is 1. The molecule has 0 aliphatic carbocycles. The van der Waals surface area contributed by atoms with Gasteiger partial charge in [0.2, 0.25) is 5.91 Å². The van der Waals surface area contributed by atoms with E-state index in [9.17, 15) is 4.79 Å². The number of aromatic nitrogens is 3. The molecule has 1 unspecified atom stereocenters. The third-order valence-corrected chi connectivity index (χ3v) is 5.22. The molecule has 0 bridgehead atoms. The van der Waals surface area contributed by atoms with Crippen molar-refractivity contribution in [3.8, 4) is 11.4 Å². The number of thioether (sulfide) groups is 1. The van der Waals surface area contributed by atoms with Gasteiger partial charge in [0.25, 0.3) is 0 Å². The smallest absolute Gasteiger partial charge is 0.237 e. The van der Waals surface area contributed by atoms with Crippen molar-refractivity contribution in [2.75, 3.05) is 11.1 Å². The van der Waals surface area contributed by atoms with Crippen molar-refractivity contribution in [1.82, 2.24) is 14.8 Å². The number of amides is 1. The Balaban J connectivity index is 1.75. The molecule has 6 nitrogen and oxygen atoms in total. The van der Waals surface area contributed by atoms with Crippen molar-refractivity contribution >= 4 is 29.0 Å². The largest absolute Gasteiger partial charge is 0.399 e. The van der Waals surface area contributed by atoms with Crippen molar-refractivity contribution < 1.29 is 4.79 Å². The third-order valence-electron chi connectivity index (χ3n) is 4.14. The van der Waals surface area contributed by atoms with Crippen molar-refractivity contribution in [1.29, 1.82) is 0 Å². The average molecular weight is 382 g/mol. The first-order valence-electron chi connectivity index (χ1n) is 8.81. The number of hydrogen-bond donors (Lipinski definition) is 2. The van der Waals surface area contributed by atoms with Gasteiger partial charge in [-0.2, -0.15) is 0 Å². The molecule has 140 valence electrons. The molecule has 0 aliphatic heterocycles. The fourth-order valence-electron chi connectivity index (χ4n) is 2.68. The zero-order valence-electron chi connectivity index (χ0n) is 15.6. The molecule has 0 radical (unpaired) electrons. The Morgan fingerprint density at radius 3 is 2.63 bits per heavy atom. The summed E-state index contributed by atoms with van der Waals surface area (Å²) in [5, 5.41) is 12.0. The predicted molar refractivity (Wildman–Crippen MR) is 111 cm³/mol. The first-order chi connectivity index (χ1) is 13.0. The summed E-state index contributed by atoms with van der Waals surface area (Å²) in [6.45, 7) is 6.69. The molecule has 1 amide bonds. The third kappa shape index (κ3) is 4.49. The number of rotatable bonds is 6. The van der Waals surface area contributed by atoms with Crippen LogP contribution >= 0.6 is 11.8 Å². The van der Waals surface area contributed by atoms with E-state index in [4.69, 9.17) is 5.73 Å². The van der Waals surface area contributed by atoms with Crippen LogP contribution in [0.1, 0.15) is 19.4 Å². The minimum Gasteiger partial charge on any atom is -0.399 e. The Bertz CT molecular complexity index is 936. The van der Waals surface area contributed by atoms with Crippen LogP contribution in [0.4, 0.5) is 11.4 Å². The maximum absolute atomic E-state index is 12.5. The van der Waals surface area contributed by atoms with E-state index >= 15 is 0 Å². The molecule has 1 heterocycles. The summed E-state index contributed by atoms with van der Waals surface area (Å²) in [4.78, 5) is 12.5. The van der Waals surface area contributed by atoms with Gasteiger partial charge in [-0.05, 0) is 51.1 Å². The van der Waals surface area contributed by atoms with Crippen molar-refractivity contribution in [3.63, 3.8) is 0 Å². The van der Waals surface area contributed by atoms with E-state index in [1.165, 1.54) is 17.3 Å². The molecular formula is C20H23N5OS. The van der Waals surface area contributed by atoms with Crippen molar-refractivity contribution in [2.45, 2.75) is 37.7 Å². The van der Waals surface area contributed by atoms with Crippen LogP contribution in [-0.4, -0.2) is 25.9 Å². The van der Waals surface area contributed by atoms with E-state index in [2.05, 4.69) is 34.6 Å². The van der Waals surface area contributed by atoms with Crippen LogP contribution in [0.3, 0.4) is 0 Å². The number of carbonyl (C=O) groups is 1. The van der Waals surface area contributed by atoms with E-state index in [0.29, 0.717) is 5.69 Å². The molecule has 3 rings (SSSR count). The van der Waals surface area contributed by atoms with Gasteiger partial charge in [0.1, 0.15) is 0 Å². The summed E-state index contributed by atoms with van der Waals surface area (Å²) in [7, 11) is 0. The van der Waals surface area contributed by atoms with Gasteiger partial charge in [-0.25, -0.2) is 0 Å². The number of nitrogens with zero attached hydrogens (tertiary/aromatic N) is 3. The highest BCUT2D eigenvalue weighted by Crippen LogP contribution is 2.27. The van der Waals surface area contributed by atoms with Gasteiger partial charge in [0, 0.05) is 23.5 Å². The van der Waals surface area contributed by atoms with Crippen LogP contribution < -0.4 is 11.1 Å². The summed E-state index contributed by atoms with van der Waals surface area (Å²) in [6, 6.07) is 15.3. The zero-order valence-corrected chi connectivity index (χ0v) is 16.5. The molecule has 1 atom stereocenters. The number of nitrogen functional groups attached to an aromatic ring is 1. The Labute approximate surface area is 163 Å². The summed E-state index contributed by atoms with van der Waals surface area (Å²) in [5.74, 6) is 0.724. The predicted octanol–water partition coefficient (Wildman–Crippen LogP) is 3.97. The van der Waals surface area contributed by atoms with Gasteiger partial charge in [-0.1, -0.05) is 35.5 Å². The maximum atomic E-state index is 12.5. The summed E-state index contributed by atoms with van der Waals surface area (Å²) in [6.07, 6.45) is 0. The molecule has 7 heteroatoms. The van der Waals surface area contributed by atoms with Crippen molar-refractivity contribution in [2.24, 2.45) is 0 Å². The number of benzene rings is 2. The number of carbonyl (C=O) groups excluding carboxylic acids is 1. The highest BCUT2D eigenvalue weighted by molar-refractivity contribution is 8.00. The molecule has 3 N–H and O–H groups in total. The number of nitrogens with one attached hydrogen (secondary N) is 1. The monoisotopic (exact) mass is 381 g/mol. The minimum atomic E-state index is -0.317. The van der Waals surface area contributed by atoms with E-state index in [-0.39, 0.29) is 11.2 Å². The van der Waals surface area contributed by atoms with Crippen LogP contribution in [0.2, 0.25) is 0 Å². The first kappa shape index (κ1) is 19.0. The van der Waals surface area contributed by atoms with Gasteiger partial charge in [-0.15, -0.1) is 10.2 Å². The summed E-state index contributed by atoms with van der Waals surface area (Å²) >= 11 is 1.40. The fourth-order valence-corrected chi connectivity index (χ4v) is 3.59. The van der Waals surface area contributed by atoms with Crippen molar-refractivity contribution in [3.05, 3.63) is 54.1 Å². The van der Waals surface area contributed by atoms with Crippen LogP contribution in [0.5, 0.6) is 0 Å². The number of nitrogens with two attached hydrogens (primary N) is 1. The van der Waals surface area contributed by atoms with Gasteiger partial charge in [0.15, 0.2) is 11.0 Å². The molecule has 0 aliphatic rings. The average Bonchev–Trinajstić information content (AvgIpc) is 3.06. The molecule has 0 fully saturated rings. The first-order valence-corrected chi connectivity index (χ1v) is 9.69. The lowest BCUT2D eigenvalue weighted by Gasteiger charge is -2.13. The van der Waals surface area contributed by atoms with E-state index in [0.717, 1.165) is 28.8 Å². The lowest BCUT2D eigenvalue weighted by Crippen LogP contribution is -2.23. The molecule has 0 saturated carbocycles. The molecular weight excluding hydrogens is 358 g/mol. The maximum Gasteiger partial charge on any atom is 0.237 e. The van der Waals surface area contributed by atoms with Crippen LogP contribution in [0.15, 0.2) is 53.7 Å². The zero-order chi connectivity index (χ0) is 19.4. The standard InChI is InChI=1S/C20H23N5OS/c1-4-25-18(15-7-5-6-13(2)12-15)23-24-20(25)27-14(3)19(26)22-17-10-8-16(21)9-11-17/h5-12,14H,4,21H2,1-3H3,(H,22,26). The highest BCUT2D eigenvalue weighted by Gasteiger charge is 2.20. The Hall–Kier alpha value is -2.80. The van der Waals surface area contributed by atoms with Gasteiger partial charge >= 0.3 is 0 Å². The van der Waals surface area contributed by atoms with Gasteiger partial charge in [-0.3, -0.25) is 4.79 Å². The quantitative estimate of drug-likeness (QED) is 0.498. The molecule has 0 saturated heterocycles. The van der Waals surface area contributed by atoms with Crippen LogP contribution in [-0.2, 0) is 11.3 Å². The van der Waals surface area contributed by atoms with E-state index in [1.807, 2.05) is 30.5 Å². The van der Waals surface area contributed by atoms with E-state index < -0.39 is 0 Å². The van der Waals surface area contributed by atoms with Gasteiger partial charge in [0.05, 0.1) is 5.25 Å². The second kappa shape index (κ2) is 8.26. The summed E-state index contributed by atoms with van der Waals surface area (Å²) < 4.78 is 2.03. The molecule has 0 spiro atoms. The van der Waals surface area contributed by atoms with Gasteiger partial charge < -0.3 is 15.6 Å². The van der Waals surface area contributed by atoms with E-state index in [1.54, 1.807) is 24.3 Å². The molecule has 3 aromatic rings. The minimum absolute atomic E-state index is 0.0902. The number of hydrogen-bond acceptors (Lipinski definition) is 5. The van der Waals surface area contributed by atoms with Crippen LogP contribution in [0.25, 0.3) is 11.4 Å². The topological polar surface area (TPSA) is 85.8 Å². The Morgan fingerprint density at radius 2 is 1.96 bits per heavy atom. The summed E-state index contributed by atoms with van der Waals surface area (Å²) in [5.41, 5.74) is 9.25. The second-order valence-electron chi connectivity index (χ2n) is 6.29. The molecule has 1 aromatic heterocycles. The lowest BCUT2D eigenvalue weighted by molar-refractivity contribution is -0.115. The lowest BCUT2D eigenvalue weighted by atomic mass is 10.1. The van der Waals surface area contributed by atoms with Crippen LogP contribution in [0, 0.1) is 6.92 Å². The molecule has 2 aromatic carbocycles. The SMILES string of the molecule is CCn1c(SC(C)C(=O)Nc2ccc(N)cc2)nnc1-c1cccc(C)c1. The number of anilines is 2. The molecule has 27 heavy (non-hydrogen) atoms. The Morgan fingerprint density at radius 1 is 1.22 bits per heavy atom. The fraction of sp³-hybridized carbons (Fsp3) is 0.250. The Kier molecular flexibility index (Phi) is 5.81. The normalized spacial score (nSPS) is 12.0. The second-order valence-corrected chi connectivity index (χ2v) is 7.60.